The molecule has 0 spiro atoms. The van der Waals surface area contributed by atoms with Crippen molar-refractivity contribution in [2.24, 2.45) is 0 Å². The summed E-state index contributed by atoms with van der Waals surface area (Å²) in [5.74, 6) is 0.149. The standard InChI is InChI=1S/C19H18O5/c1-23-16-6-3-5-15(13-16)18(20)9-8-14-4-2-7-17(12-14)24-11-10-19(21)22/h2-9,12-13H,10-11H2,1H3,(H,21,22)/b9-8+. The molecule has 0 aliphatic rings. The molecule has 24 heavy (non-hydrogen) atoms. The van der Waals surface area contributed by atoms with Crippen molar-refractivity contribution in [1.82, 2.24) is 0 Å². The monoisotopic (exact) mass is 326 g/mol. The minimum absolute atomic E-state index is 0.0611. The van der Waals surface area contributed by atoms with Crippen molar-refractivity contribution in [1.29, 1.82) is 0 Å². The number of carboxylic acid groups (broad SMARTS) is 1. The molecule has 1 N–H and O–H groups in total. The Bertz CT molecular complexity index is 749. The first-order chi connectivity index (χ1) is 11.6. The van der Waals surface area contributed by atoms with Gasteiger partial charge in [-0.15, -0.1) is 0 Å². The molecule has 2 aromatic rings. The van der Waals surface area contributed by atoms with E-state index in [2.05, 4.69) is 0 Å². The second-order valence-corrected chi connectivity index (χ2v) is 4.99. The van der Waals surface area contributed by atoms with Gasteiger partial charge in [-0.05, 0) is 35.9 Å². The second-order valence-electron chi connectivity index (χ2n) is 4.99. The maximum atomic E-state index is 12.2. The summed E-state index contributed by atoms with van der Waals surface area (Å²) in [6.45, 7) is 0.102. The fourth-order valence-electron chi connectivity index (χ4n) is 2.01. The molecule has 0 atom stereocenters. The van der Waals surface area contributed by atoms with Gasteiger partial charge in [-0.3, -0.25) is 9.59 Å². The Morgan fingerprint density at radius 3 is 2.58 bits per heavy atom. The normalized spacial score (nSPS) is 10.5. The van der Waals surface area contributed by atoms with Crippen LogP contribution in [0.1, 0.15) is 22.3 Å². The van der Waals surface area contributed by atoms with Crippen LogP contribution in [0.2, 0.25) is 0 Å². The fourth-order valence-corrected chi connectivity index (χ4v) is 2.01. The molecule has 5 nitrogen and oxygen atoms in total. The largest absolute Gasteiger partial charge is 0.497 e. The first-order valence-electron chi connectivity index (χ1n) is 7.39. The molecule has 0 heterocycles. The van der Waals surface area contributed by atoms with Crippen LogP contribution in [0.3, 0.4) is 0 Å². The third kappa shape index (κ3) is 5.28. The van der Waals surface area contributed by atoms with Crippen molar-refractivity contribution in [3.05, 3.63) is 65.7 Å². The minimum atomic E-state index is -0.907. The third-order valence-corrected chi connectivity index (χ3v) is 3.22. The average Bonchev–Trinajstić information content (AvgIpc) is 2.60. The number of carboxylic acids is 1. The number of rotatable bonds is 8. The molecule has 0 aromatic heterocycles. The third-order valence-electron chi connectivity index (χ3n) is 3.22. The van der Waals surface area contributed by atoms with E-state index in [9.17, 15) is 9.59 Å². The van der Waals surface area contributed by atoms with E-state index in [0.717, 1.165) is 5.56 Å². The molecule has 0 saturated carbocycles. The Morgan fingerprint density at radius 2 is 1.83 bits per heavy atom. The Labute approximate surface area is 140 Å². The summed E-state index contributed by atoms with van der Waals surface area (Å²) in [5, 5.41) is 8.60. The van der Waals surface area contributed by atoms with Crippen molar-refractivity contribution < 1.29 is 24.2 Å². The molecule has 0 aliphatic carbocycles. The van der Waals surface area contributed by atoms with Crippen LogP contribution >= 0.6 is 0 Å². The van der Waals surface area contributed by atoms with Crippen LogP contribution in [-0.4, -0.2) is 30.6 Å². The molecule has 0 saturated heterocycles. The van der Waals surface area contributed by atoms with E-state index in [1.54, 1.807) is 55.7 Å². The highest BCUT2D eigenvalue weighted by Crippen LogP contribution is 2.16. The van der Waals surface area contributed by atoms with Gasteiger partial charge in [0.1, 0.15) is 11.5 Å². The van der Waals surface area contributed by atoms with Gasteiger partial charge in [0.05, 0.1) is 20.1 Å². The van der Waals surface area contributed by atoms with Gasteiger partial charge < -0.3 is 14.6 Å². The van der Waals surface area contributed by atoms with Gasteiger partial charge in [-0.25, -0.2) is 0 Å². The lowest BCUT2D eigenvalue weighted by Gasteiger charge is -2.05. The smallest absolute Gasteiger partial charge is 0.306 e. The van der Waals surface area contributed by atoms with Crippen LogP contribution in [0.25, 0.3) is 6.08 Å². The Hall–Kier alpha value is -3.08. The lowest BCUT2D eigenvalue weighted by atomic mass is 10.1. The number of allylic oxidation sites excluding steroid dienone is 1. The number of hydrogen-bond donors (Lipinski definition) is 1. The molecule has 5 heteroatoms. The Balaban J connectivity index is 2.02. The van der Waals surface area contributed by atoms with E-state index in [1.165, 1.54) is 6.08 Å². The lowest BCUT2D eigenvalue weighted by molar-refractivity contribution is -0.137. The van der Waals surface area contributed by atoms with E-state index >= 15 is 0 Å². The van der Waals surface area contributed by atoms with Crippen molar-refractivity contribution in [2.75, 3.05) is 13.7 Å². The zero-order chi connectivity index (χ0) is 17.4. The number of hydrogen-bond acceptors (Lipinski definition) is 4. The predicted octanol–water partition coefficient (Wildman–Crippen LogP) is 3.44. The maximum absolute atomic E-state index is 12.2. The molecule has 0 radical (unpaired) electrons. The van der Waals surface area contributed by atoms with E-state index in [0.29, 0.717) is 17.1 Å². The molecule has 0 bridgehead atoms. The average molecular weight is 326 g/mol. The molecule has 124 valence electrons. The summed E-state index contributed by atoms with van der Waals surface area (Å²) in [6, 6.07) is 14.0. The summed E-state index contributed by atoms with van der Waals surface area (Å²) < 4.78 is 10.5. The van der Waals surface area contributed by atoms with Crippen LogP contribution in [-0.2, 0) is 4.79 Å². The summed E-state index contributed by atoms with van der Waals surface area (Å²) in [7, 11) is 1.55. The van der Waals surface area contributed by atoms with Crippen LogP contribution < -0.4 is 9.47 Å². The van der Waals surface area contributed by atoms with Gasteiger partial charge in [0.15, 0.2) is 5.78 Å². The first kappa shape index (κ1) is 17.3. The number of methoxy groups -OCH3 is 1. The number of ether oxygens (including phenoxy) is 2. The van der Waals surface area contributed by atoms with E-state index < -0.39 is 5.97 Å². The van der Waals surface area contributed by atoms with Crippen molar-refractivity contribution in [3.8, 4) is 11.5 Å². The first-order valence-corrected chi connectivity index (χ1v) is 7.39. The van der Waals surface area contributed by atoms with Gasteiger partial charge in [-0.1, -0.05) is 30.3 Å². The van der Waals surface area contributed by atoms with Crippen molar-refractivity contribution in [2.45, 2.75) is 6.42 Å². The quantitative estimate of drug-likeness (QED) is 0.594. The van der Waals surface area contributed by atoms with Crippen LogP contribution in [0.5, 0.6) is 11.5 Å². The lowest BCUT2D eigenvalue weighted by Crippen LogP contribution is -2.04. The molecule has 0 unspecified atom stereocenters. The second kappa shape index (κ2) is 8.53. The van der Waals surface area contributed by atoms with E-state index in [-0.39, 0.29) is 18.8 Å². The van der Waals surface area contributed by atoms with E-state index in [4.69, 9.17) is 14.6 Å². The number of carbonyl (C=O) groups is 2. The number of aliphatic carboxylic acids is 1. The summed E-state index contributed by atoms with van der Waals surface area (Å²) in [5.41, 5.74) is 1.33. The van der Waals surface area contributed by atoms with Crippen LogP contribution in [0.4, 0.5) is 0 Å². The molecule has 2 aromatic carbocycles. The van der Waals surface area contributed by atoms with Crippen LogP contribution in [0, 0.1) is 0 Å². The number of carbonyl (C=O) groups excluding carboxylic acids is 1. The summed E-state index contributed by atoms with van der Waals surface area (Å²) in [4.78, 5) is 22.7. The SMILES string of the molecule is COc1cccc(C(=O)/C=C/c2cccc(OCCC(=O)O)c2)c1. The predicted molar refractivity (Wildman–Crippen MR) is 90.5 cm³/mol. The topological polar surface area (TPSA) is 72.8 Å². The van der Waals surface area contributed by atoms with Crippen molar-refractivity contribution >= 4 is 17.8 Å². The highest BCUT2D eigenvalue weighted by atomic mass is 16.5. The van der Waals surface area contributed by atoms with Crippen molar-refractivity contribution in [3.63, 3.8) is 0 Å². The van der Waals surface area contributed by atoms with Gasteiger partial charge in [-0.2, -0.15) is 0 Å². The van der Waals surface area contributed by atoms with Gasteiger partial charge in [0.25, 0.3) is 0 Å². The highest BCUT2D eigenvalue weighted by Gasteiger charge is 2.03. The maximum Gasteiger partial charge on any atom is 0.306 e. The molecular weight excluding hydrogens is 308 g/mol. The molecule has 0 fully saturated rings. The molecule has 0 aliphatic heterocycles. The number of benzene rings is 2. The summed E-state index contributed by atoms with van der Waals surface area (Å²) >= 11 is 0. The van der Waals surface area contributed by atoms with Gasteiger partial charge in [0, 0.05) is 5.56 Å². The molecule has 2 rings (SSSR count). The van der Waals surface area contributed by atoms with Crippen LogP contribution in [0.15, 0.2) is 54.6 Å². The summed E-state index contributed by atoms with van der Waals surface area (Å²) in [6.07, 6.45) is 3.10. The Morgan fingerprint density at radius 1 is 1.08 bits per heavy atom. The number of ketones is 1. The minimum Gasteiger partial charge on any atom is -0.497 e. The van der Waals surface area contributed by atoms with Gasteiger partial charge >= 0.3 is 5.97 Å². The van der Waals surface area contributed by atoms with Gasteiger partial charge in [0.2, 0.25) is 0 Å². The highest BCUT2D eigenvalue weighted by molar-refractivity contribution is 6.07. The zero-order valence-electron chi connectivity index (χ0n) is 13.3. The zero-order valence-corrected chi connectivity index (χ0v) is 13.3. The fraction of sp³-hybridized carbons (Fsp3) is 0.158. The molecular formula is C19H18O5. The van der Waals surface area contributed by atoms with E-state index in [1.807, 2.05) is 6.07 Å². The molecule has 0 amide bonds. The Kier molecular flexibility index (Phi) is 6.14.